The molecular formula is C15H14N2. The number of hydrogen-bond acceptors (Lipinski definition) is 1. The number of aromatic nitrogens is 2. The van der Waals surface area contributed by atoms with Crippen LogP contribution in [0.5, 0.6) is 0 Å². The lowest BCUT2D eigenvalue weighted by Gasteiger charge is -2.01. The van der Waals surface area contributed by atoms with Crippen LogP contribution in [0, 0.1) is 6.92 Å². The summed E-state index contributed by atoms with van der Waals surface area (Å²) in [5.74, 6) is 0. The highest BCUT2D eigenvalue weighted by Gasteiger charge is 2.07. The molecule has 0 fully saturated rings. The number of rotatable bonds is 2. The summed E-state index contributed by atoms with van der Waals surface area (Å²) < 4.78 is 0. The van der Waals surface area contributed by atoms with Gasteiger partial charge in [-0.15, -0.1) is 0 Å². The lowest BCUT2D eigenvalue weighted by molar-refractivity contribution is 1.01. The fourth-order valence-corrected chi connectivity index (χ4v) is 2.25. The number of nitrogens with zero attached hydrogens (tertiary/aromatic N) is 1. The minimum absolute atomic E-state index is 0.905. The molecule has 0 spiro atoms. The summed E-state index contributed by atoms with van der Waals surface area (Å²) in [7, 11) is 0. The topological polar surface area (TPSA) is 28.7 Å². The Morgan fingerprint density at radius 1 is 1.00 bits per heavy atom. The van der Waals surface area contributed by atoms with E-state index in [2.05, 4.69) is 47.5 Å². The molecule has 0 saturated heterocycles. The molecule has 0 aliphatic carbocycles. The smallest absolute Gasteiger partial charge is 0.0926 e. The predicted octanol–water partition coefficient (Wildman–Crippen LogP) is 3.46. The van der Waals surface area contributed by atoms with Crippen molar-refractivity contribution in [2.75, 3.05) is 0 Å². The second-order valence-electron chi connectivity index (χ2n) is 4.33. The van der Waals surface area contributed by atoms with Gasteiger partial charge in [-0.1, -0.05) is 42.5 Å². The molecular weight excluding hydrogens is 208 g/mol. The highest BCUT2D eigenvalue weighted by Crippen LogP contribution is 2.22. The van der Waals surface area contributed by atoms with Crippen LogP contribution in [0.4, 0.5) is 0 Å². The van der Waals surface area contributed by atoms with Gasteiger partial charge in [0.2, 0.25) is 0 Å². The van der Waals surface area contributed by atoms with Crippen molar-refractivity contribution in [3.8, 4) is 0 Å². The Morgan fingerprint density at radius 2 is 1.82 bits per heavy atom. The Morgan fingerprint density at radius 3 is 2.65 bits per heavy atom. The molecule has 0 amide bonds. The zero-order valence-corrected chi connectivity index (χ0v) is 9.77. The average Bonchev–Trinajstić information content (AvgIpc) is 2.75. The first kappa shape index (κ1) is 10.1. The van der Waals surface area contributed by atoms with E-state index >= 15 is 0 Å². The van der Waals surface area contributed by atoms with E-state index in [1.165, 1.54) is 22.2 Å². The highest BCUT2D eigenvalue weighted by atomic mass is 15.1. The van der Waals surface area contributed by atoms with E-state index in [0.29, 0.717) is 0 Å². The van der Waals surface area contributed by atoms with Crippen molar-refractivity contribution in [1.29, 1.82) is 0 Å². The average molecular weight is 222 g/mol. The third-order valence-electron chi connectivity index (χ3n) is 3.09. The normalized spacial score (nSPS) is 10.9. The minimum Gasteiger partial charge on any atom is -0.281 e. The second kappa shape index (κ2) is 4.06. The van der Waals surface area contributed by atoms with E-state index in [1.807, 2.05) is 18.2 Å². The van der Waals surface area contributed by atoms with Gasteiger partial charge in [0.25, 0.3) is 0 Å². The molecule has 0 atom stereocenters. The van der Waals surface area contributed by atoms with Gasteiger partial charge in [-0.25, -0.2) is 0 Å². The zero-order valence-electron chi connectivity index (χ0n) is 9.77. The van der Waals surface area contributed by atoms with Gasteiger partial charge in [-0.2, -0.15) is 5.10 Å². The summed E-state index contributed by atoms with van der Waals surface area (Å²) in [5.41, 5.74) is 4.84. The molecule has 84 valence electrons. The van der Waals surface area contributed by atoms with Crippen LogP contribution in [0.3, 0.4) is 0 Å². The molecule has 2 aromatic carbocycles. The van der Waals surface area contributed by atoms with Gasteiger partial charge in [-0.05, 0) is 24.1 Å². The van der Waals surface area contributed by atoms with Crippen LogP contribution in [-0.2, 0) is 6.42 Å². The van der Waals surface area contributed by atoms with E-state index in [0.717, 1.165) is 11.9 Å². The van der Waals surface area contributed by atoms with Crippen molar-refractivity contribution in [2.24, 2.45) is 0 Å². The van der Waals surface area contributed by atoms with Crippen molar-refractivity contribution in [3.63, 3.8) is 0 Å². The maximum atomic E-state index is 4.35. The van der Waals surface area contributed by atoms with E-state index in [9.17, 15) is 0 Å². The van der Waals surface area contributed by atoms with Gasteiger partial charge in [-0.3, -0.25) is 5.10 Å². The standard InChI is InChI=1S/C15H14N2/c1-11-6-5-9-13-15(11)14(17-16-13)10-12-7-3-2-4-8-12/h2-9H,10H2,1H3,(H,16,17). The number of aryl methyl sites for hydroxylation is 1. The van der Waals surface area contributed by atoms with E-state index in [4.69, 9.17) is 0 Å². The number of benzene rings is 2. The van der Waals surface area contributed by atoms with E-state index in [-0.39, 0.29) is 0 Å². The fourth-order valence-electron chi connectivity index (χ4n) is 2.25. The van der Waals surface area contributed by atoms with Crippen LogP contribution in [0.25, 0.3) is 10.9 Å². The summed E-state index contributed by atoms with van der Waals surface area (Å²) >= 11 is 0. The van der Waals surface area contributed by atoms with Crippen LogP contribution in [0.1, 0.15) is 16.8 Å². The highest BCUT2D eigenvalue weighted by molar-refractivity contribution is 5.84. The van der Waals surface area contributed by atoms with Gasteiger partial charge in [0.15, 0.2) is 0 Å². The third kappa shape index (κ3) is 1.82. The Kier molecular flexibility index (Phi) is 2.41. The molecule has 0 bridgehead atoms. The summed E-state index contributed by atoms with van der Waals surface area (Å²) in [6.45, 7) is 2.13. The van der Waals surface area contributed by atoms with Crippen molar-refractivity contribution in [2.45, 2.75) is 13.3 Å². The Balaban J connectivity index is 2.07. The maximum Gasteiger partial charge on any atom is 0.0926 e. The number of hydrogen-bond donors (Lipinski definition) is 1. The minimum atomic E-state index is 0.905. The van der Waals surface area contributed by atoms with E-state index < -0.39 is 0 Å². The predicted molar refractivity (Wildman–Crippen MR) is 70.1 cm³/mol. The number of aromatic amines is 1. The molecule has 2 nitrogen and oxygen atoms in total. The molecule has 1 heterocycles. The molecule has 1 N–H and O–H groups in total. The molecule has 0 radical (unpaired) electrons. The SMILES string of the molecule is Cc1cccc2n[nH]c(Cc3ccccc3)c12. The molecule has 17 heavy (non-hydrogen) atoms. The summed E-state index contributed by atoms with van der Waals surface area (Å²) in [6, 6.07) is 16.7. The van der Waals surface area contributed by atoms with Gasteiger partial charge in [0.1, 0.15) is 0 Å². The lowest BCUT2D eigenvalue weighted by atomic mass is 10.0. The third-order valence-corrected chi connectivity index (χ3v) is 3.09. The molecule has 3 aromatic rings. The van der Waals surface area contributed by atoms with Crippen molar-refractivity contribution < 1.29 is 0 Å². The van der Waals surface area contributed by atoms with Crippen LogP contribution in [0.15, 0.2) is 48.5 Å². The number of nitrogens with one attached hydrogen (secondary N) is 1. The quantitative estimate of drug-likeness (QED) is 0.706. The molecule has 2 heteroatoms. The maximum absolute atomic E-state index is 4.35. The first-order valence-corrected chi connectivity index (χ1v) is 5.81. The first-order valence-electron chi connectivity index (χ1n) is 5.81. The number of fused-ring (bicyclic) bond motifs is 1. The van der Waals surface area contributed by atoms with Crippen molar-refractivity contribution >= 4 is 10.9 Å². The Hall–Kier alpha value is -2.09. The van der Waals surface area contributed by atoms with Crippen molar-refractivity contribution in [3.05, 3.63) is 65.4 Å². The summed E-state index contributed by atoms with van der Waals surface area (Å²) in [6.07, 6.45) is 0.905. The fraction of sp³-hybridized carbons (Fsp3) is 0.133. The van der Waals surface area contributed by atoms with Crippen LogP contribution < -0.4 is 0 Å². The van der Waals surface area contributed by atoms with Gasteiger partial charge in [0, 0.05) is 17.5 Å². The van der Waals surface area contributed by atoms with Gasteiger partial charge < -0.3 is 0 Å². The summed E-state index contributed by atoms with van der Waals surface area (Å²) in [4.78, 5) is 0. The molecule has 1 aromatic heterocycles. The molecule has 0 aliphatic heterocycles. The van der Waals surface area contributed by atoms with Crippen LogP contribution >= 0.6 is 0 Å². The number of H-pyrrole nitrogens is 1. The molecule has 0 saturated carbocycles. The second-order valence-corrected chi connectivity index (χ2v) is 4.33. The lowest BCUT2D eigenvalue weighted by Crippen LogP contribution is -1.89. The first-order chi connectivity index (χ1) is 8.34. The molecule has 0 aliphatic rings. The van der Waals surface area contributed by atoms with E-state index in [1.54, 1.807) is 0 Å². The van der Waals surface area contributed by atoms with Gasteiger partial charge in [0.05, 0.1) is 5.52 Å². The molecule has 3 rings (SSSR count). The van der Waals surface area contributed by atoms with Crippen LogP contribution in [0.2, 0.25) is 0 Å². The van der Waals surface area contributed by atoms with Crippen molar-refractivity contribution in [1.82, 2.24) is 10.2 Å². The van der Waals surface area contributed by atoms with Gasteiger partial charge >= 0.3 is 0 Å². The Bertz CT molecular complexity index is 638. The monoisotopic (exact) mass is 222 g/mol. The largest absolute Gasteiger partial charge is 0.281 e. The Labute approximate surface area is 100 Å². The molecule has 0 unspecified atom stereocenters. The zero-order chi connectivity index (χ0) is 11.7. The summed E-state index contributed by atoms with van der Waals surface area (Å²) in [5, 5.41) is 8.76. The van der Waals surface area contributed by atoms with Crippen LogP contribution in [-0.4, -0.2) is 10.2 Å².